The number of halogens is 3. The number of anilines is 1. The number of hydrogen-bond donors (Lipinski definition) is 4. The molecule has 6 nitrogen and oxygen atoms in total. The molecule has 1 saturated heterocycles. The van der Waals surface area contributed by atoms with Crippen molar-refractivity contribution < 1.29 is 23.7 Å². The van der Waals surface area contributed by atoms with Crippen LogP contribution in [0.25, 0.3) is 10.9 Å². The molecule has 1 aromatic heterocycles. The number of nitrogens with one attached hydrogen (secondary N) is 2. The average Bonchev–Trinajstić information content (AvgIpc) is 2.86. The fourth-order valence-electron chi connectivity index (χ4n) is 5.19. The highest BCUT2D eigenvalue weighted by atomic mass is 35.5. The Morgan fingerprint density at radius 3 is 2.53 bits per heavy atom. The second-order valence-electron chi connectivity index (χ2n) is 9.46. The summed E-state index contributed by atoms with van der Waals surface area (Å²) in [5.74, 6) is -0.653. The molecule has 1 fully saturated rings. The van der Waals surface area contributed by atoms with Crippen LogP contribution in [-0.4, -0.2) is 48.0 Å². The summed E-state index contributed by atoms with van der Waals surface area (Å²) in [6.07, 6.45) is 2.98. The van der Waals surface area contributed by atoms with Gasteiger partial charge in [0, 0.05) is 35.4 Å². The van der Waals surface area contributed by atoms with E-state index in [0.29, 0.717) is 53.3 Å². The highest BCUT2D eigenvalue weighted by Crippen LogP contribution is 2.42. The molecule has 1 aliphatic rings. The summed E-state index contributed by atoms with van der Waals surface area (Å²) in [6.45, 7) is 1.90. The molecular formula is C27H32ClF2N3O3. The number of aliphatic hydroxyl groups excluding tert-OH is 2. The molecule has 2 atom stereocenters. The molecule has 0 aliphatic carbocycles. The molecule has 9 heteroatoms. The van der Waals surface area contributed by atoms with Crippen LogP contribution in [0.2, 0.25) is 5.02 Å². The number of ether oxygens (including phenoxy) is 1. The second-order valence-corrected chi connectivity index (χ2v) is 9.87. The zero-order valence-electron chi connectivity index (χ0n) is 20.2. The topological polar surface area (TPSA) is 86.6 Å². The highest BCUT2D eigenvalue weighted by Gasteiger charge is 2.39. The maximum absolute atomic E-state index is 13.5. The number of piperidine rings is 1. The van der Waals surface area contributed by atoms with Gasteiger partial charge in [0.1, 0.15) is 17.4 Å². The number of aliphatic hydroxyl groups is 2. The number of pyridine rings is 1. The molecule has 3 aromatic rings. The van der Waals surface area contributed by atoms with E-state index in [-0.39, 0.29) is 0 Å². The quantitative estimate of drug-likeness (QED) is 0.294. The molecule has 36 heavy (non-hydrogen) atoms. The number of methoxy groups -OCH3 is 1. The molecule has 2 heterocycles. The van der Waals surface area contributed by atoms with Gasteiger partial charge in [0.2, 0.25) is 0 Å². The van der Waals surface area contributed by atoms with Gasteiger partial charge in [-0.3, -0.25) is 4.98 Å². The van der Waals surface area contributed by atoms with Crippen LogP contribution in [0.4, 0.5) is 14.5 Å². The lowest BCUT2D eigenvalue weighted by Gasteiger charge is -2.42. The maximum atomic E-state index is 13.5. The fraction of sp³-hybridized carbons (Fsp3) is 0.444. The summed E-state index contributed by atoms with van der Waals surface area (Å²) < 4.78 is 32.3. The van der Waals surface area contributed by atoms with Crippen molar-refractivity contribution in [3.05, 3.63) is 64.8 Å². The second kappa shape index (κ2) is 11.7. The summed E-state index contributed by atoms with van der Waals surface area (Å²) in [4.78, 5) is 4.36. The fourth-order valence-corrected chi connectivity index (χ4v) is 5.47. The van der Waals surface area contributed by atoms with Crippen molar-refractivity contribution in [2.24, 2.45) is 5.41 Å². The van der Waals surface area contributed by atoms with Crippen LogP contribution >= 0.6 is 11.6 Å². The first-order chi connectivity index (χ1) is 17.3. The zero-order chi connectivity index (χ0) is 25.7. The third-order valence-electron chi connectivity index (χ3n) is 7.23. The van der Waals surface area contributed by atoms with E-state index in [9.17, 15) is 19.0 Å². The Labute approximate surface area is 214 Å². The van der Waals surface area contributed by atoms with Crippen molar-refractivity contribution in [1.82, 2.24) is 10.3 Å². The van der Waals surface area contributed by atoms with Crippen LogP contribution in [0.5, 0.6) is 5.75 Å². The Kier molecular flexibility index (Phi) is 8.62. The number of benzene rings is 2. The first-order valence-electron chi connectivity index (χ1n) is 12.2. The monoisotopic (exact) mass is 519 g/mol. The van der Waals surface area contributed by atoms with E-state index in [4.69, 9.17) is 16.3 Å². The van der Waals surface area contributed by atoms with Gasteiger partial charge < -0.3 is 25.6 Å². The molecule has 0 amide bonds. The van der Waals surface area contributed by atoms with Crippen LogP contribution in [-0.2, 0) is 0 Å². The molecule has 0 bridgehead atoms. The summed E-state index contributed by atoms with van der Waals surface area (Å²) in [5, 5.41) is 29.9. The van der Waals surface area contributed by atoms with E-state index in [0.717, 1.165) is 37.4 Å². The van der Waals surface area contributed by atoms with Crippen LogP contribution in [0.3, 0.4) is 0 Å². The third-order valence-corrected chi connectivity index (χ3v) is 7.53. The van der Waals surface area contributed by atoms with Gasteiger partial charge in [-0.25, -0.2) is 8.78 Å². The Balaban J connectivity index is 1.46. The number of aromatic nitrogens is 1. The number of fused-ring (bicyclic) bond motifs is 1. The summed E-state index contributed by atoms with van der Waals surface area (Å²) in [6, 6.07) is 8.74. The molecule has 2 aromatic carbocycles. The summed E-state index contributed by atoms with van der Waals surface area (Å²) in [7, 11) is 1.58. The van der Waals surface area contributed by atoms with E-state index < -0.39 is 29.3 Å². The van der Waals surface area contributed by atoms with Crippen molar-refractivity contribution in [2.45, 2.75) is 44.3 Å². The van der Waals surface area contributed by atoms with Crippen molar-refractivity contribution in [3.8, 4) is 5.75 Å². The van der Waals surface area contributed by atoms with Gasteiger partial charge >= 0.3 is 0 Å². The van der Waals surface area contributed by atoms with Crippen LogP contribution in [0, 0.1) is 17.0 Å². The van der Waals surface area contributed by atoms with E-state index in [1.54, 1.807) is 13.3 Å². The zero-order valence-corrected chi connectivity index (χ0v) is 21.0. The van der Waals surface area contributed by atoms with Gasteiger partial charge in [-0.2, -0.15) is 0 Å². The minimum atomic E-state index is -0.845. The van der Waals surface area contributed by atoms with Crippen molar-refractivity contribution >= 4 is 28.2 Å². The molecule has 0 radical (unpaired) electrons. The highest BCUT2D eigenvalue weighted by molar-refractivity contribution is 6.32. The average molecular weight is 520 g/mol. The van der Waals surface area contributed by atoms with Gasteiger partial charge in [0.05, 0.1) is 29.9 Å². The van der Waals surface area contributed by atoms with Gasteiger partial charge in [-0.1, -0.05) is 11.6 Å². The predicted octanol–water partition coefficient (Wildman–Crippen LogP) is 5.22. The molecule has 194 valence electrons. The largest absolute Gasteiger partial charge is 0.497 e. The Hall–Kier alpha value is -2.52. The standard InChI is InChI=1S/C27H32ClF2N3O3/c1-36-20-2-3-23-21(15-20)26(22(28)16-33-23)24(34)4-6-27(7-10-31-11-8-27)25(35)5-9-32-19-13-17(29)12-18(30)14-19/h2-3,12-16,24-25,31-32,34-35H,4-11H2,1H3/t24-,25+/m1/s1. The smallest absolute Gasteiger partial charge is 0.128 e. The van der Waals surface area contributed by atoms with Gasteiger partial charge in [0.15, 0.2) is 0 Å². The first kappa shape index (κ1) is 26.5. The predicted molar refractivity (Wildman–Crippen MR) is 138 cm³/mol. The lowest BCUT2D eigenvalue weighted by molar-refractivity contribution is -0.0179. The summed E-state index contributed by atoms with van der Waals surface area (Å²) >= 11 is 6.48. The number of nitrogens with zero attached hydrogens (tertiary/aromatic N) is 1. The molecule has 0 spiro atoms. The first-order valence-corrected chi connectivity index (χ1v) is 12.6. The van der Waals surface area contributed by atoms with Gasteiger partial charge in [0.25, 0.3) is 0 Å². The van der Waals surface area contributed by atoms with Crippen molar-refractivity contribution in [1.29, 1.82) is 0 Å². The van der Waals surface area contributed by atoms with Crippen LogP contribution in [0.1, 0.15) is 43.8 Å². The van der Waals surface area contributed by atoms with E-state index >= 15 is 0 Å². The number of hydrogen-bond acceptors (Lipinski definition) is 6. The lowest BCUT2D eigenvalue weighted by atomic mass is 9.69. The van der Waals surface area contributed by atoms with Crippen molar-refractivity contribution in [3.63, 3.8) is 0 Å². The minimum Gasteiger partial charge on any atom is -0.497 e. The number of rotatable bonds is 10. The normalized spacial score (nSPS) is 17.1. The van der Waals surface area contributed by atoms with Crippen molar-refractivity contribution in [2.75, 3.05) is 32.1 Å². The van der Waals surface area contributed by atoms with E-state index in [1.807, 2.05) is 18.2 Å². The van der Waals surface area contributed by atoms with Crippen LogP contribution in [0.15, 0.2) is 42.6 Å². The van der Waals surface area contributed by atoms with Gasteiger partial charge in [-0.05, 0) is 80.9 Å². The Morgan fingerprint density at radius 2 is 1.83 bits per heavy atom. The maximum Gasteiger partial charge on any atom is 0.128 e. The molecule has 0 unspecified atom stereocenters. The molecule has 4 rings (SSSR count). The van der Waals surface area contributed by atoms with E-state index in [1.165, 1.54) is 12.1 Å². The minimum absolute atomic E-state index is 0.337. The Morgan fingerprint density at radius 1 is 1.11 bits per heavy atom. The molecule has 4 N–H and O–H groups in total. The molecule has 1 aliphatic heterocycles. The SMILES string of the molecule is COc1ccc2ncc(Cl)c([C@H](O)CCC3([C@@H](O)CCNc4cc(F)cc(F)c4)CCNCC3)c2c1. The van der Waals surface area contributed by atoms with Gasteiger partial charge in [-0.15, -0.1) is 0 Å². The van der Waals surface area contributed by atoms with E-state index in [2.05, 4.69) is 15.6 Å². The lowest BCUT2D eigenvalue weighted by Crippen LogP contribution is -2.45. The molecule has 0 saturated carbocycles. The third kappa shape index (κ3) is 6.06. The Bertz CT molecular complexity index is 1170. The molecular weight excluding hydrogens is 488 g/mol. The van der Waals surface area contributed by atoms with Crippen LogP contribution < -0.4 is 15.4 Å². The summed E-state index contributed by atoms with van der Waals surface area (Å²) in [5.41, 5.74) is 1.26.